The number of ether oxygens (including phenoxy) is 2. The minimum absolute atomic E-state index is 0.00935. The summed E-state index contributed by atoms with van der Waals surface area (Å²) in [6, 6.07) is 9.33. The second-order valence-electron chi connectivity index (χ2n) is 9.21. The standard InChI is InChI=1S/C24H34BrNO5Si/c1-24(2,3)32(6,7)31-18-10-8-16(14-20(18)30-5)12-13-26-21(27)15-17-9-11-19(29-4)23(28)22(17)25/h8-11,14,28H,12-13,15H2,1-7H3,(H,26,27). The molecule has 2 aromatic carbocycles. The van der Waals surface area contributed by atoms with Crippen LogP contribution >= 0.6 is 15.9 Å². The zero-order valence-corrected chi connectivity index (χ0v) is 22.6. The third-order valence-electron chi connectivity index (χ3n) is 5.87. The summed E-state index contributed by atoms with van der Waals surface area (Å²) in [4.78, 5) is 12.4. The van der Waals surface area contributed by atoms with Gasteiger partial charge in [0.15, 0.2) is 17.2 Å². The van der Waals surface area contributed by atoms with Gasteiger partial charge < -0.3 is 24.3 Å². The van der Waals surface area contributed by atoms with Crippen molar-refractivity contribution < 1.29 is 23.8 Å². The van der Waals surface area contributed by atoms with Crippen LogP contribution in [0, 0.1) is 0 Å². The van der Waals surface area contributed by atoms with E-state index < -0.39 is 8.32 Å². The molecule has 0 spiro atoms. The van der Waals surface area contributed by atoms with Gasteiger partial charge in [0, 0.05) is 6.54 Å². The Balaban J connectivity index is 1.97. The van der Waals surface area contributed by atoms with Crippen LogP contribution in [-0.4, -0.2) is 40.1 Å². The van der Waals surface area contributed by atoms with E-state index >= 15 is 0 Å². The lowest BCUT2D eigenvalue weighted by Gasteiger charge is -2.36. The number of halogens is 1. The van der Waals surface area contributed by atoms with E-state index in [-0.39, 0.29) is 23.1 Å². The molecule has 0 heterocycles. The predicted octanol–water partition coefficient (Wildman–Crippen LogP) is 5.46. The molecule has 8 heteroatoms. The Morgan fingerprint density at radius 2 is 1.69 bits per heavy atom. The number of hydrogen-bond acceptors (Lipinski definition) is 5. The molecule has 0 aliphatic carbocycles. The lowest BCUT2D eigenvalue weighted by molar-refractivity contribution is -0.120. The molecule has 2 N–H and O–H groups in total. The van der Waals surface area contributed by atoms with Crippen LogP contribution < -0.4 is 19.2 Å². The van der Waals surface area contributed by atoms with Crippen LogP contribution in [0.2, 0.25) is 18.1 Å². The summed E-state index contributed by atoms with van der Waals surface area (Å²) in [7, 11) is 1.15. The molecular weight excluding hydrogens is 490 g/mol. The van der Waals surface area contributed by atoms with E-state index in [1.807, 2.05) is 18.2 Å². The van der Waals surface area contributed by atoms with Crippen molar-refractivity contribution in [2.45, 2.75) is 51.7 Å². The second-order valence-corrected chi connectivity index (χ2v) is 14.7. The zero-order chi connectivity index (χ0) is 24.1. The molecule has 2 aromatic rings. The highest BCUT2D eigenvalue weighted by Crippen LogP contribution is 2.40. The van der Waals surface area contributed by atoms with Gasteiger partial charge in [-0.2, -0.15) is 0 Å². The highest BCUT2D eigenvalue weighted by atomic mass is 79.9. The maximum atomic E-state index is 12.4. The normalized spacial score (nSPS) is 11.8. The fraction of sp³-hybridized carbons (Fsp3) is 0.458. The fourth-order valence-corrected chi connectivity index (χ4v) is 4.34. The fourth-order valence-electron chi connectivity index (χ4n) is 2.85. The summed E-state index contributed by atoms with van der Waals surface area (Å²) in [6.45, 7) is 11.5. The number of phenolic OH excluding ortho intramolecular Hbond substituents is 1. The van der Waals surface area contributed by atoms with Crippen LogP contribution in [0.3, 0.4) is 0 Å². The van der Waals surface area contributed by atoms with E-state index in [0.717, 1.165) is 11.3 Å². The number of rotatable bonds is 9. The van der Waals surface area contributed by atoms with E-state index in [1.54, 1.807) is 19.2 Å². The topological polar surface area (TPSA) is 77.0 Å². The van der Waals surface area contributed by atoms with Crippen molar-refractivity contribution in [1.82, 2.24) is 5.32 Å². The van der Waals surface area contributed by atoms with Crippen molar-refractivity contribution in [3.8, 4) is 23.0 Å². The van der Waals surface area contributed by atoms with E-state index in [0.29, 0.717) is 34.5 Å². The minimum Gasteiger partial charge on any atom is -0.541 e. The number of nitrogens with one attached hydrogen (secondary N) is 1. The van der Waals surface area contributed by atoms with E-state index in [2.05, 4.69) is 55.1 Å². The van der Waals surface area contributed by atoms with Crippen molar-refractivity contribution in [2.75, 3.05) is 20.8 Å². The number of hydrogen-bond donors (Lipinski definition) is 2. The van der Waals surface area contributed by atoms with Gasteiger partial charge in [-0.3, -0.25) is 4.79 Å². The third kappa shape index (κ3) is 6.42. The van der Waals surface area contributed by atoms with E-state index in [4.69, 9.17) is 13.9 Å². The summed E-state index contributed by atoms with van der Waals surface area (Å²) in [5.41, 5.74) is 1.74. The van der Waals surface area contributed by atoms with Crippen LogP contribution in [-0.2, 0) is 17.6 Å². The lowest BCUT2D eigenvalue weighted by atomic mass is 10.1. The Morgan fingerprint density at radius 3 is 2.28 bits per heavy atom. The van der Waals surface area contributed by atoms with Crippen LogP contribution in [0.1, 0.15) is 31.9 Å². The largest absolute Gasteiger partial charge is 0.541 e. The summed E-state index contributed by atoms with van der Waals surface area (Å²) in [5.74, 6) is 1.69. The van der Waals surface area contributed by atoms with Gasteiger partial charge >= 0.3 is 0 Å². The van der Waals surface area contributed by atoms with Crippen LogP contribution in [0.4, 0.5) is 0 Å². The molecule has 1 amide bonds. The minimum atomic E-state index is -1.97. The van der Waals surface area contributed by atoms with Crippen molar-refractivity contribution in [2.24, 2.45) is 0 Å². The van der Waals surface area contributed by atoms with E-state index in [1.165, 1.54) is 7.11 Å². The number of benzene rings is 2. The number of carbonyl (C=O) groups excluding carboxylic acids is 1. The summed E-state index contributed by atoms with van der Waals surface area (Å²) < 4.78 is 17.5. The molecular formula is C24H34BrNO5Si. The molecule has 0 aromatic heterocycles. The number of methoxy groups -OCH3 is 2. The van der Waals surface area contributed by atoms with Gasteiger partial charge in [-0.05, 0) is 69.8 Å². The average Bonchev–Trinajstić information content (AvgIpc) is 2.71. The Morgan fingerprint density at radius 1 is 1.06 bits per heavy atom. The van der Waals surface area contributed by atoms with Crippen molar-refractivity contribution in [3.05, 3.63) is 45.9 Å². The van der Waals surface area contributed by atoms with Crippen molar-refractivity contribution in [3.63, 3.8) is 0 Å². The van der Waals surface area contributed by atoms with Crippen LogP contribution in [0.5, 0.6) is 23.0 Å². The Kier molecular flexibility index (Phi) is 8.65. The smallest absolute Gasteiger partial charge is 0.250 e. The molecule has 2 rings (SSSR count). The van der Waals surface area contributed by atoms with Gasteiger partial charge in [0.1, 0.15) is 5.75 Å². The Labute approximate surface area is 200 Å². The quantitative estimate of drug-likeness (QED) is 0.426. The number of aromatic hydroxyl groups is 1. The molecule has 0 radical (unpaired) electrons. The molecule has 0 unspecified atom stereocenters. The number of phenols is 1. The number of carbonyl (C=O) groups is 1. The molecule has 32 heavy (non-hydrogen) atoms. The molecule has 0 aliphatic rings. The first-order valence-corrected chi connectivity index (χ1v) is 14.3. The number of amides is 1. The molecule has 6 nitrogen and oxygen atoms in total. The predicted molar refractivity (Wildman–Crippen MR) is 134 cm³/mol. The van der Waals surface area contributed by atoms with E-state index in [9.17, 15) is 9.90 Å². The van der Waals surface area contributed by atoms with Gasteiger partial charge in [-0.1, -0.05) is 32.9 Å². The van der Waals surface area contributed by atoms with Crippen LogP contribution in [0.15, 0.2) is 34.8 Å². The Bertz CT molecular complexity index is 956. The molecule has 176 valence electrons. The first-order chi connectivity index (χ1) is 14.9. The van der Waals surface area contributed by atoms with Gasteiger partial charge in [0.05, 0.1) is 25.1 Å². The van der Waals surface area contributed by atoms with Gasteiger partial charge in [0.2, 0.25) is 5.91 Å². The summed E-state index contributed by atoms with van der Waals surface area (Å²) in [6.07, 6.45) is 0.818. The zero-order valence-electron chi connectivity index (χ0n) is 20.0. The molecule has 0 saturated carbocycles. The van der Waals surface area contributed by atoms with Crippen LogP contribution in [0.25, 0.3) is 0 Å². The monoisotopic (exact) mass is 523 g/mol. The molecule has 0 aliphatic heterocycles. The van der Waals surface area contributed by atoms with Gasteiger partial charge in [-0.15, -0.1) is 0 Å². The highest BCUT2D eigenvalue weighted by molar-refractivity contribution is 9.10. The molecule has 0 saturated heterocycles. The maximum absolute atomic E-state index is 12.4. The lowest BCUT2D eigenvalue weighted by Crippen LogP contribution is -2.43. The second kappa shape index (κ2) is 10.6. The maximum Gasteiger partial charge on any atom is 0.250 e. The van der Waals surface area contributed by atoms with Gasteiger partial charge in [-0.25, -0.2) is 0 Å². The SMILES string of the molecule is COc1cc(CCNC(=O)Cc2ccc(OC)c(O)c2Br)ccc1O[Si](C)(C)C(C)(C)C. The van der Waals surface area contributed by atoms with Gasteiger partial charge in [0.25, 0.3) is 8.32 Å². The molecule has 0 fully saturated rings. The first-order valence-electron chi connectivity index (χ1n) is 10.6. The van der Waals surface area contributed by atoms with Crippen molar-refractivity contribution in [1.29, 1.82) is 0 Å². The summed E-state index contributed by atoms with van der Waals surface area (Å²) in [5, 5.41) is 13.1. The average molecular weight is 525 g/mol. The Hall–Kier alpha value is -2.19. The first kappa shape index (κ1) is 26.1. The summed E-state index contributed by atoms with van der Waals surface area (Å²) >= 11 is 3.33. The van der Waals surface area contributed by atoms with Crippen molar-refractivity contribution >= 4 is 30.2 Å². The third-order valence-corrected chi connectivity index (χ3v) is 11.1. The molecule has 0 bridgehead atoms. The highest BCUT2D eigenvalue weighted by Gasteiger charge is 2.39. The molecule has 0 atom stereocenters.